The Morgan fingerprint density at radius 1 is 1.30 bits per heavy atom. The molecule has 3 nitrogen and oxygen atoms in total. The van der Waals surface area contributed by atoms with Gasteiger partial charge in [0.05, 0.1) is 13.2 Å². The Balaban J connectivity index is 2.75. The van der Waals surface area contributed by atoms with Crippen LogP contribution in [0, 0.1) is 0 Å². The van der Waals surface area contributed by atoms with E-state index in [1.54, 1.807) is 4.90 Å². The maximum absolute atomic E-state index is 13.8. The maximum atomic E-state index is 13.8. The van der Waals surface area contributed by atoms with Crippen molar-refractivity contribution >= 4 is 5.97 Å². The second-order valence-corrected chi connectivity index (χ2v) is 4.91. The van der Waals surface area contributed by atoms with E-state index >= 15 is 0 Å². The van der Waals surface area contributed by atoms with Crippen LogP contribution in [0.2, 0.25) is 0 Å². The van der Waals surface area contributed by atoms with Crippen LogP contribution in [0.15, 0.2) is 30.3 Å². The molecule has 0 N–H and O–H groups in total. The summed E-state index contributed by atoms with van der Waals surface area (Å²) in [6.07, 6.45) is 0. The summed E-state index contributed by atoms with van der Waals surface area (Å²) >= 11 is 0. The first-order valence-electron chi connectivity index (χ1n) is 6.70. The monoisotopic (exact) mass is 285 g/mol. The highest BCUT2D eigenvalue weighted by Gasteiger charge is 2.42. The molecule has 0 amide bonds. The van der Waals surface area contributed by atoms with Crippen molar-refractivity contribution in [2.45, 2.75) is 39.3 Å². The van der Waals surface area contributed by atoms with Crippen molar-refractivity contribution in [3.8, 4) is 0 Å². The number of alkyl halides is 2. The van der Waals surface area contributed by atoms with Crippen LogP contribution in [0.4, 0.5) is 8.78 Å². The largest absolute Gasteiger partial charge is 0.462 e. The molecular weight excluding hydrogens is 264 g/mol. The van der Waals surface area contributed by atoms with Crippen molar-refractivity contribution in [3.05, 3.63) is 35.9 Å². The van der Waals surface area contributed by atoms with E-state index in [0.29, 0.717) is 6.54 Å². The number of halogens is 2. The van der Waals surface area contributed by atoms with E-state index < -0.39 is 18.4 Å². The summed E-state index contributed by atoms with van der Waals surface area (Å²) in [5.41, 5.74) is 0.931. The van der Waals surface area contributed by atoms with Crippen LogP contribution in [-0.4, -0.2) is 36.0 Å². The molecule has 0 fully saturated rings. The summed E-state index contributed by atoms with van der Waals surface area (Å²) in [6, 6.07) is 9.23. The first-order chi connectivity index (χ1) is 9.36. The van der Waals surface area contributed by atoms with Gasteiger partial charge in [-0.2, -0.15) is 8.78 Å². The summed E-state index contributed by atoms with van der Waals surface area (Å²) in [5.74, 6) is -4.95. The van der Waals surface area contributed by atoms with Crippen molar-refractivity contribution in [1.29, 1.82) is 0 Å². The maximum Gasteiger partial charge on any atom is 0.378 e. The highest BCUT2D eigenvalue weighted by atomic mass is 19.3. The molecular formula is C15H21F2NO2. The van der Waals surface area contributed by atoms with Gasteiger partial charge < -0.3 is 4.74 Å². The number of carbonyl (C=O) groups is 1. The average Bonchev–Trinajstić information content (AvgIpc) is 2.39. The number of hydrogen-bond donors (Lipinski definition) is 0. The summed E-state index contributed by atoms with van der Waals surface area (Å²) in [7, 11) is 0. The predicted molar refractivity (Wildman–Crippen MR) is 73.6 cm³/mol. The van der Waals surface area contributed by atoms with E-state index in [-0.39, 0.29) is 12.6 Å². The van der Waals surface area contributed by atoms with Gasteiger partial charge in [0.1, 0.15) is 0 Å². The van der Waals surface area contributed by atoms with Gasteiger partial charge in [0.2, 0.25) is 0 Å². The number of ether oxygens (including phenoxy) is 1. The SMILES string of the molecule is CCOC(=O)C(F)(F)CN(Cc1ccccc1)C(C)C. The van der Waals surface area contributed by atoms with E-state index in [1.807, 2.05) is 44.2 Å². The summed E-state index contributed by atoms with van der Waals surface area (Å²) in [4.78, 5) is 12.8. The first-order valence-corrected chi connectivity index (χ1v) is 6.70. The van der Waals surface area contributed by atoms with E-state index in [9.17, 15) is 13.6 Å². The lowest BCUT2D eigenvalue weighted by molar-refractivity contribution is -0.174. The predicted octanol–water partition coefficient (Wildman–Crippen LogP) is 3.10. The van der Waals surface area contributed by atoms with Crippen molar-refractivity contribution in [1.82, 2.24) is 4.90 Å². The van der Waals surface area contributed by atoms with Crippen LogP contribution in [0.1, 0.15) is 26.3 Å². The zero-order chi connectivity index (χ0) is 15.2. The van der Waals surface area contributed by atoms with E-state index in [1.165, 1.54) is 6.92 Å². The second kappa shape index (κ2) is 7.33. The Hall–Kier alpha value is -1.49. The fourth-order valence-corrected chi connectivity index (χ4v) is 1.80. The molecule has 1 rings (SSSR count). The lowest BCUT2D eigenvalue weighted by atomic mass is 10.1. The van der Waals surface area contributed by atoms with Crippen molar-refractivity contribution in [2.75, 3.05) is 13.2 Å². The van der Waals surface area contributed by atoms with Crippen LogP contribution < -0.4 is 0 Å². The molecule has 0 heterocycles. The van der Waals surface area contributed by atoms with E-state index in [0.717, 1.165) is 5.56 Å². The highest BCUT2D eigenvalue weighted by Crippen LogP contribution is 2.20. The van der Waals surface area contributed by atoms with E-state index in [4.69, 9.17) is 0 Å². The third-order valence-electron chi connectivity index (χ3n) is 2.93. The molecule has 0 aromatic heterocycles. The van der Waals surface area contributed by atoms with Gasteiger partial charge in [0.25, 0.3) is 0 Å². The molecule has 0 aliphatic rings. The molecule has 0 saturated heterocycles. The number of rotatable bonds is 7. The molecule has 0 aliphatic heterocycles. The summed E-state index contributed by atoms with van der Waals surface area (Å²) in [5, 5.41) is 0. The topological polar surface area (TPSA) is 29.5 Å². The van der Waals surface area contributed by atoms with Gasteiger partial charge in [-0.25, -0.2) is 4.79 Å². The average molecular weight is 285 g/mol. The van der Waals surface area contributed by atoms with Gasteiger partial charge >= 0.3 is 11.9 Å². The van der Waals surface area contributed by atoms with E-state index in [2.05, 4.69) is 4.74 Å². The quantitative estimate of drug-likeness (QED) is 0.721. The van der Waals surface area contributed by atoms with Crippen LogP contribution >= 0.6 is 0 Å². The van der Waals surface area contributed by atoms with Crippen LogP contribution in [0.5, 0.6) is 0 Å². The van der Waals surface area contributed by atoms with Gasteiger partial charge in [-0.15, -0.1) is 0 Å². The van der Waals surface area contributed by atoms with Crippen molar-refractivity contribution < 1.29 is 18.3 Å². The normalized spacial score (nSPS) is 11.9. The molecule has 0 aliphatic carbocycles. The van der Waals surface area contributed by atoms with Crippen molar-refractivity contribution in [2.24, 2.45) is 0 Å². The minimum Gasteiger partial charge on any atom is -0.462 e. The zero-order valence-electron chi connectivity index (χ0n) is 12.1. The Labute approximate surface area is 118 Å². The second-order valence-electron chi connectivity index (χ2n) is 4.91. The molecule has 0 radical (unpaired) electrons. The summed E-state index contributed by atoms with van der Waals surface area (Å²) < 4.78 is 32.0. The first kappa shape index (κ1) is 16.6. The number of esters is 1. The number of nitrogens with zero attached hydrogens (tertiary/aromatic N) is 1. The fraction of sp³-hybridized carbons (Fsp3) is 0.533. The van der Waals surface area contributed by atoms with Gasteiger partial charge in [-0.3, -0.25) is 4.90 Å². The van der Waals surface area contributed by atoms with Crippen molar-refractivity contribution in [3.63, 3.8) is 0 Å². The molecule has 0 saturated carbocycles. The fourth-order valence-electron chi connectivity index (χ4n) is 1.80. The molecule has 20 heavy (non-hydrogen) atoms. The standard InChI is InChI=1S/C15H21F2NO2/c1-4-20-14(19)15(16,17)11-18(12(2)3)10-13-8-6-5-7-9-13/h5-9,12H,4,10-11H2,1-3H3. The van der Waals surface area contributed by atoms with Gasteiger partial charge in [0.15, 0.2) is 0 Å². The lowest BCUT2D eigenvalue weighted by Crippen LogP contribution is -2.45. The minimum absolute atomic E-state index is 0.0468. The molecule has 112 valence electrons. The third kappa shape index (κ3) is 4.89. The number of benzene rings is 1. The van der Waals surface area contributed by atoms with Gasteiger partial charge in [-0.1, -0.05) is 30.3 Å². The molecule has 0 spiro atoms. The smallest absolute Gasteiger partial charge is 0.378 e. The highest BCUT2D eigenvalue weighted by molar-refractivity contribution is 5.77. The van der Waals surface area contributed by atoms with Crippen LogP contribution in [0.3, 0.4) is 0 Å². The Morgan fingerprint density at radius 3 is 2.40 bits per heavy atom. The zero-order valence-corrected chi connectivity index (χ0v) is 12.1. The third-order valence-corrected chi connectivity index (χ3v) is 2.93. The number of hydrogen-bond acceptors (Lipinski definition) is 3. The lowest BCUT2D eigenvalue weighted by Gasteiger charge is -2.29. The van der Waals surface area contributed by atoms with Crippen LogP contribution in [0.25, 0.3) is 0 Å². The van der Waals surface area contributed by atoms with Gasteiger partial charge in [0, 0.05) is 12.6 Å². The Bertz CT molecular complexity index is 421. The molecule has 1 aromatic rings. The van der Waals surface area contributed by atoms with Crippen LogP contribution in [-0.2, 0) is 16.1 Å². The molecule has 0 atom stereocenters. The molecule has 0 unspecified atom stereocenters. The number of carbonyl (C=O) groups excluding carboxylic acids is 1. The molecule has 0 bridgehead atoms. The Morgan fingerprint density at radius 2 is 1.90 bits per heavy atom. The molecule has 1 aromatic carbocycles. The Kier molecular flexibility index (Phi) is 6.07. The minimum atomic E-state index is -3.49. The van der Waals surface area contributed by atoms with Gasteiger partial charge in [-0.05, 0) is 26.3 Å². The summed E-state index contributed by atoms with van der Waals surface area (Å²) in [6.45, 7) is 4.84. The molecule has 5 heteroatoms.